The third-order valence-corrected chi connectivity index (χ3v) is 2.13. The maximum absolute atomic E-state index is 8.84. The van der Waals surface area contributed by atoms with Crippen molar-refractivity contribution in [3.8, 4) is 5.88 Å². The molecular formula is C5H3Cl3LiNO. The van der Waals surface area contributed by atoms with E-state index in [-0.39, 0.29) is 39.8 Å². The number of rotatable bonds is 0. The molecule has 11 heavy (non-hydrogen) atoms. The molecule has 0 aliphatic heterocycles. The summed E-state index contributed by atoms with van der Waals surface area (Å²) in [5.41, 5.74) is 0. The van der Waals surface area contributed by atoms with Gasteiger partial charge in [0.2, 0.25) is 5.88 Å². The molecule has 0 aliphatic rings. The van der Waals surface area contributed by atoms with Crippen LogP contribution in [-0.4, -0.2) is 29.0 Å². The minimum absolute atomic E-state index is 0. The van der Waals surface area contributed by atoms with Crippen molar-refractivity contribution in [2.45, 2.75) is 0 Å². The molecule has 0 aromatic carbocycles. The average molecular weight is 206 g/mol. The molecule has 1 aromatic rings. The maximum atomic E-state index is 8.84. The molecule has 2 nitrogen and oxygen atoms in total. The van der Waals surface area contributed by atoms with Gasteiger partial charge in [0.05, 0.1) is 16.2 Å². The Morgan fingerprint density at radius 1 is 1.18 bits per heavy atom. The van der Waals surface area contributed by atoms with Crippen LogP contribution in [0.25, 0.3) is 0 Å². The van der Waals surface area contributed by atoms with Crippen molar-refractivity contribution in [1.82, 2.24) is 4.98 Å². The summed E-state index contributed by atoms with van der Waals surface area (Å²) in [6.07, 6.45) is 1.23. The Bertz CT molecular complexity index is 241. The Balaban J connectivity index is 0.000001000. The quantitative estimate of drug-likeness (QED) is 0.659. The van der Waals surface area contributed by atoms with E-state index in [2.05, 4.69) is 4.98 Å². The van der Waals surface area contributed by atoms with Crippen molar-refractivity contribution in [3.63, 3.8) is 0 Å². The van der Waals surface area contributed by atoms with Gasteiger partial charge in [0, 0.05) is 0 Å². The van der Waals surface area contributed by atoms with Crippen molar-refractivity contribution in [3.05, 3.63) is 21.3 Å². The summed E-state index contributed by atoms with van der Waals surface area (Å²) in [7, 11) is 0. The van der Waals surface area contributed by atoms with Gasteiger partial charge in [0.15, 0.2) is 0 Å². The summed E-state index contributed by atoms with van der Waals surface area (Å²) in [5, 5.41) is 9.17. The number of halogens is 3. The molecule has 0 fully saturated rings. The zero-order valence-corrected chi connectivity index (χ0v) is 6.87. The SMILES string of the molecule is Oc1ncc(Cl)c(Cl)c1Cl.[LiH]. The fourth-order valence-corrected chi connectivity index (χ4v) is 0.910. The van der Waals surface area contributed by atoms with E-state index in [0.717, 1.165) is 0 Å². The molecule has 1 aromatic heterocycles. The first-order valence-corrected chi connectivity index (χ1v) is 3.44. The van der Waals surface area contributed by atoms with Crippen LogP contribution < -0.4 is 0 Å². The third kappa shape index (κ3) is 2.43. The Hall–Kier alpha value is 0.417. The van der Waals surface area contributed by atoms with Crippen molar-refractivity contribution in [1.29, 1.82) is 0 Å². The second-order valence-corrected chi connectivity index (χ2v) is 2.72. The summed E-state index contributed by atoms with van der Waals surface area (Å²) >= 11 is 16.5. The molecule has 1 heterocycles. The number of hydrogen-bond acceptors (Lipinski definition) is 2. The van der Waals surface area contributed by atoms with E-state index in [1.807, 2.05) is 0 Å². The Morgan fingerprint density at radius 3 is 2.18 bits per heavy atom. The summed E-state index contributed by atoms with van der Waals surface area (Å²) in [5.74, 6) is -0.309. The monoisotopic (exact) mass is 205 g/mol. The normalized spacial score (nSPS) is 9.00. The molecule has 0 spiro atoms. The van der Waals surface area contributed by atoms with E-state index in [1.54, 1.807) is 0 Å². The van der Waals surface area contributed by atoms with Crippen LogP contribution >= 0.6 is 34.8 Å². The van der Waals surface area contributed by atoms with E-state index >= 15 is 0 Å². The molecule has 56 valence electrons. The van der Waals surface area contributed by atoms with Gasteiger partial charge < -0.3 is 5.11 Å². The van der Waals surface area contributed by atoms with Crippen LogP contribution in [0.15, 0.2) is 6.20 Å². The van der Waals surface area contributed by atoms with Crippen LogP contribution in [0.1, 0.15) is 0 Å². The van der Waals surface area contributed by atoms with Gasteiger partial charge in [-0.05, 0) is 0 Å². The van der Waals surface area contributed by atoms with Crippen molar-refractivity contribution < 1.29 is 5.11 Å². The van der Waals surface area contributed by atoms with Gasteiger partial charge in [-0.3, -0.25) is 0 Å². The van der Waals surface area contributed by atoms with E-state index in [9.17, 15) is 0 Å². The molecule has 0 atom stereocenters. The van der Waals surface area contributed by atoms with E-state index < -0.39 is 0 Å². The first-order valence-electron chi connectivity index (χ1n) is 2.31. The predicted octanol–water partition coefficient (Wildman–Crippen LogP) is 2.10. The first-order chi connectivity index (χ1) is 4.63. The minimum atomic E-state index is -0.309. The van der Waals surface area contributed by atoms with Crippen molar-refractivity contribution >= 4 is 53.7 Å². The fourth-order valence-electron chi connectivity index (χ4n) is 0.434. The molecular weight excluding hydrogens is 203 g/mol. The van der Waals surface area contributed by atoms with Gasteiger partial charge in [-0.25, -0.2) is 4.98 Å². The molecule has 0 amide bonds. The average Bonchev–Trinajstić information content (AvgIpc) is 1.93. The van der Waals surface area contributed by atoms with Crippen molar-refractivity contribution in [2.75, 3.05) is 0 Å². The van der Waals surface area contributed by atoms with E-state index in [4.69, 9.17) is 39.9 Å². The van der Waals surface area contributed by atoms with Crippen LogP contribution in [0.3, 0.4) is 0 Å². The summed E-state index contributed by atoms with van der Waals surface area (Å²) in [6.45, 7) is 0. The van der Waals surface area contributed by atoms with E-state index in [1.165, 1.54) is 6.20 Å². The van der Waals surface area contributed by atoms with Gasteiger partial charge in [0.25, 0.3) is 0 Å². The molecule has 0 bridgehead atoms. The van der Waals surface area contributed by atoms with Crippen LogP contribution in [0.5, 0.6) is 5.88 Å². The molecule has 0 unspecified atom stereocenters. The van der Waals surface area contributed by atoms with Crippen LogP contribution in [0, 0.1) is 0 Å². The Kier molecular flexibility index (Phi) is 4.61. The molecule has 0 aliphatic carbocycles. The zero-order valence-electron chi connectivity index (χ0n) is 4.61. The van der Waals surface area contributed by atoms with Crippen LogP contribution in [-0.2, 0) is 0 Å². The second kappa shape index (κ2) is 4.44. The number of aromatic hydroxyl groups is 1. The Morgan fingerprint density at radius 2 is 1.73 bits per heavy atom. The molecule has 1 rings (SSSR count). The summed E-state index contributed by atoms with van der Waals surface area (Å²) in [4.78, 5) is 3.45. The second-order valence-electron chi connectivity index (χ2n) is 1.56. The van der Waals surface area contributed by atoms with Gasteiger partial charge in [-0.2, -0.15) is 0 Å². The fraction of sp³-hybridized carbons (Fsp3) is 0. The van der Waals surface area contributed by atoms with Crippen LogP contribution in [0.2, 0.25) is 15.1 Å². The molecule has 6 heteroatoms. The molecule has 0 radical (unpaired) electrons. The molecule has 0 saturated carbocycles. The van der Waals surface area contributed by atoms with Gasteiger partial charge in [0.1, 0.15) is 5.02 Å². The molecule has 0 saturated heterocycles. The predicted molar refractivity (Wildman–Crippen MR) is 48.1 cm³/mol. The number of aromatic nitrogens is 1. The van der Waals surface area contributed by atoms with Gasteiger partial charge in [-0.15, -0.1) is 0 Å². The van der Waals surface area contributed by atoms with Crippen molar-refractivity contribution in [2.24, 2.45) is 0 Å². The molecule has 1 N–H and O–H groups in total. The zero-order chi connectivity index (χ0) is 7.72. The number of nitrogens with zero attached hydrogens (tertiary/aromatic N) is 1. The van der Waals surface area contributed by atoms with Gasteiger partial charge >= 0.3 is 18.9 Å². The number of pyridine rings is 1. The van der Waals surface area contributed by atoms with Gasteiger partial charge in [-0.1, -0.05) is 34.8 Å². The standard InChI is InChI=1S/C5H2Cl3NO.Li.H/c6-2-1-9-5(10)4(8)3(2)7;;/h1H,(H,9,10);;. The summed E-state index contributed by atoms with van der Waals surface area (Å²) in [6, 6.07) is 0. The topological polar surface area (TPSA) is 33.1 Å². The number of hydrogen-bond donors (Lipinski definition) is 1. The summed E-state index contributed by atoms with van der Waals surface area (Å²) < 4.78 is 0. The van der Waals surface area contributed by atoms with E-state index in [0.29, 0.717) is 0 Å². The first kappa shape index (κ1) is 11.4. The Labute approximate surface area is 90.7 Å². The van der Waals surface area contributed by atoms with Crippen LogP contribution in [0.4, 0.5) is 0 Å². The third-order valence-electron chi connectivity index (χ3n) is 0.899.